The van der Waals surface area contributed by atoms with Gasteiger partial charge >= 0.3 is 0 Å². The van der Waals surface area contributed by atoms with Crippen molar-refractivity contribution in [3.05, 3.63) is 54.5 Å². The summed E-state index contributed by atoms with van der Waals surface area (Å²) in [6.45, 7) is 4.50. The van der Waals surface area contributed by atoms with Crippen molar-refractivity contribution in [2.45, 2.75) is 29.5 Å². The van der Waals surface area contributed by atoms with E-state index < -0.39 is 0 Å². The van der Waals surface area contributed by atoms with Gasteiger partial charge in [0.1, 0.15) is 0 Å². The van der Waals surface area contributed by atoms with Gasteiger partial charge in [-0.1, -0.05) is 25.1 Å². The monoisotopic (exact) mass is 515 g/mol. The number of aliphatic imine (C=N–C) groups is 1. The second-order valence-electron chi connectivity index (χ2n) is 6.58. The Hall–Kier alpha value is -1.55. The lowest BCUT2D eigenvalue weighted by molar-refractivity contribution is 0.612. The van der Waals surface area contributed by atoms with E-state index in [2.05, 4.69) is 51.8 Å². The fourth-order valence-corrected chi connectivity index (χ4v) is 4.03. The number of guanidine groups is 1. The molecule has 2 unspecified atom stereocenters. The van der Waals surface area contributed by atoms with Gasteiger partial charge in [0.15, 0.2) is 17.6 Å². The molecule has 1 saturated heterocycles. The summed E-state index contributed by atoms with van der Waals surface area (Å²) in [5.74, 6) is 0.939. The third-order valence-electron chi connectivity index (χ3n) is 4.43. The van der Waals surface area contributed by atoms with Gasteiger partial charge < -0.3 is 15.5 Å². The van der Waals surface area contributed by atoms with Crippen LogP contribution in [0.5, 0.6) is 0 Å². The molecule has 8 heteroatoms. The zero-order chi connectivity index (χ0) is 19.1. The molecule has 0 amide bonds. The number of aromatic nitrogens is 1. The predicted molar refractivity (Wildman–Crippen MR) is 126 cm³/mol. The van der Waals surface area contributed by atoms with Gasteiger partial charge in [0.05, 0.1) is 0 Å². The van der Waals surface area contributed by atoms with Gasteiger partial charge in [-0.15, -0.1) is 35.7 Å². The Kier molecular flexibility index (Phi) is 9.30. The van der Waals surface area contributed by atoms with Crippen LogP contribution in [0.1, 0.15) is 13.3 Å². The minimum Gasteiger partial charge on any atom is -0.355 e. The maximum absolute atomic E-state index is 13.9. The Labute approximate surface area is 187 Å². The first-order chi connectivity index (χ1) is 13.2. The highest BCUT2D eigenvalue weighted by Gasteiger charge is 2.26. The average Bonchev–Trinajstić information content (AvgIpc) is 3.14. The number of thioether (sulfide) groups is 1. The number of rotatable bonds is 6. The molecule has 0 saturated carbocycles. The highest BCUT2D eigenvalue weighted by atomic mass is 127. The molecule has 1 aliphatic heterocycles. The number of nitrogens with one attached hydrogen (secondary N) is 2. The number of pyridine rings is 1. The van der Waals surface area contributed by atoms with E-state index >= 15 is 0 Å². The van der Waals surface area contributed by atoms with Gasteiger partial charge in [0.2, 0.25) is 0 Å². The van der Waals surface area contributed by atoms with Gasteiger partial charge in [-0.3, -0.25) is 4.99 Å². The third kappa shape index (κ3) is 6.51. The Bertz CT molecular complexity index is 761. The lowest BCUT2D eigenvalue weighted by atomic mass is 10.3. The average molecular weight is 515 g/mol. The van der Waals surface area contributed by atoms with Gasteiger partial charge in [-0.05, 0) is 30.7 Å². The van der Waals surface area contributed by atoms with E-state index in [0.717, 1.165) is 25.5 Å². The normalized spacial score (nSPS) is 17.8. The first kappa shape index (κ1) is 22.7. The molecule has 1 aromatic heterocycles. The van der Waals surface area contributed by atoms with E-state index in [4.69, 9.17) is 0 Å². The van der Waals surface area contributed by atoms with Crippen LogP contribution < -0.4 is 15.5 Å². The molecule has 0 radical (unpaired) electrons. The molecule has 0 spiro atoms. The molecule has 152 valence electrons. The molecule has 28 heavy (non-hydrogen) atoms. The van der Waals surface area contributed by atoms with E-state index in [1.54, 1.807) is 19.3 Å². The van der Waals surface area contributed by atoms with Gasteiger partial charge in [-0.25, -0.2) is 9.37 Å². The maximum Gasteiger partial charge on any atom is 0.191 e. The number of nitrogens with zero attached hydrogens (tertiary/aromatic N) is 3. The van der Waals surface area contributed by atoms with Crippen molar-refractivity contribution in [1.29, 1.82) is 0 Å². The molecule has 0 bridgehead atoms. The second kappa shape index (κ2) is 11.5. The first-order valence-electron chi connectivity index (χ1n) is 9.20. The minimum absolute atomic E-state index is 0. The van der Waals surface area contributed by atoms with Crippen molar-refractivity contribution < 1.29 is 4.39 Å². The smallest absolute Gasteiger partial charge is 0.191 e. The Morgan fingerprint density at radius 2 is 2.11 bits per heavy atom. The molecule has 3 rings (SSSR count). The Balaban J connectivity index is 0.00000280. The van der Waals surface area contributed by atoms with Crippen molar-refractivity contribution in [2.24, 2.45) is 4.99 Å². The number of hydrogen-bond acceptors (Lipinski definition) is 4. The second-order valence-corrected chi connectivity index (χ2v) is 8.09. The third-order valence-corrected chi connectivity index (χ3v) is 5.54. The lowest BCUT2D eigenvalue weighted by Crippen LogP contribution is -2.46. The van der Waals surface area contributed by atoms with Gasteiger partial charge in [0.25, 0.3) is 0 Å². The summed E-state index contributed by atoms with van der Waals surface area (Å²) in [7, 11) is 1.77. The predicted octanol–water partition coefficient (Wildman–Crippen LogP) is 3.76. The summed E-state index contributed by atoms with van der Waals surface area (Å²) in [5, 5.41) is 7.24. The van der Waals surface area contributed by atoms with Crippen LogP contribution in [0.3, 0.4) is 0 Å². The lowest BCUT2D eigenvalue weighted by Gasteiger charge is -2.21. The first-order valence-corrected chi connectivity index (χ1v) is 10.1. The van der Waals surface area contributed by atoms with Crippen LogP contribution in [0.15, 0.2) is 58.5 Å². The van der Waals surface area contributed by atoms with E-state index in [9.17, 15) is 4.39 Å². The molecule has 2 aromatic rings. The molecule has 2 N–H and O–H groups in total. The quantitative estimate of drug-likeness (QED) is 0.266. The van der Waals surface area contributed by atoms with Crippen LogP contribution in [0, 0.1) is 5.82 Å². The highest BCUT2D eigenvalue weighted by molar-refractivity contribution is 14.0. The maximum atomic E-state index is 13.9. The standard InChI is InChI=1S/C20H26FN5S.HI/c1-15(27-17-7-4-3-5-8-17)13-24-20(22-2)25-16-10-12-26(14-16)19-18(21)9-6-11-23-19;/h3-9,11,15-16H,10,12-14H2,1-2H3,(H2,22,24,25);1H. The molecular weight excluding hydrogens is 488 g/mol. The summed E-state index contributed by atoms with van der Waals surface area (Å²) >= 11 is 1.83. The van der Waals surface area contributed by atoms with E-state index in [0.29, 0.717) is 17.6 Å². The SMILES string of the molecule is CN=C(NCC(C)Sc1ccccc1)NC1CCN(c2ncccc2F)C1.I. The van der Waals surface area contributed by atoms with E-state index in [-0.39, 0.29) is 35.8 Å². The fourth-order valence-electron chi connectivity index (χ4n) is 3.08. The van der Waals surface area contributed by atoms with Crippen LogP contribution in [-0.4, -0.2) is 48.9 Å². The molecule has 1 aromatic carbocycles. The molecule has 1 fully saturated rings. The van der Waals surface area contributed by atoms with Crippen LogP contribution in [0.4, 0.5) is 10.2 Å². The number of halogens is 2. The molecule has 5 nitrogen and oxygen atoms in total. The van der Waals surface area contributed by atoms with Gasteiger partial charge in [-0.2, -0.15) is 0 Å². The van der Waals surface area contributed by atoms with E-state index in [1.807, 2.05) is 22.7 Å². The molecule has 2 atom stereocenters. The topological polar surface area (TPSA) is 52.6 Å². The molecule has 1 aliphatic rings. The van der Waals surface area contributed by atoms with Crippen molar-refractivity contribution >= 4 is 47.5 Å². The van der Waals surface area contributed by atoms with Crippen molar-refractivity contribution in [3.8, 4) is 0 Å². The van der Waals surface area contributed by atoms with Crippen LogP contribution in [-0.2, 0) is 0 Å². The van der Waals surface area contributed by atoms with Crippen LogP contribution in [0.25, 0.3) is 0 Å². The zero-order valence-corrected chi connectivity index (χ0v) is 19.3. The molecular formula is C20H27FIN5S. The summed E-state index contributed by atoms with van der Waals surface area (Å²) in [6, 6.07) is 13.7. The summed E-state index contributed by atoms with van der Waals surface area (Å²) < 4.78 is 13.9. The number of benzene rings is 1. The van der Waals surface area contributed by atoms with Crippen LogP contribution >= 0.6 is 35.7 Å². The van der Waals surface area contributed by atoms with E-state index in [1.165, 1.54) is 11.0 Å². The van der Waals surface area contributed by atoms with Crippen molar-refractivity contribution in [2.75, 3.05) is 31.6 Å². The summed E-state index contributed by atoms with van der Waals surface area (Å²) in [6.07, 6.45) is 2.55. The summed E-state index contributed by atoms with van der Waals surface area (Å²) in [4.78, 5) is 11.7. The van der Waals surface area contributed by atoms with Crippen molar-refractivity contribution in [3.63, 3.8) is 0 Å². The number of anilines is 1. The highest BCUT2D eigenvalue weighted by Crippen LogP contribution is 2.22. The minimum atomic E-state index is -0.271. The van der Waals surface area contributed by atoms with Gasteiger partial charge in [0, 0.05) is 49.1 Å². The molecule has 2 heterocycles. The Morgan fingerprint density at radius 3 is 2.82 bits per heavy atom. The Morgan fingerprint density at radius 1 is 1.32 bits per heavy atom. The largest absolute Gasteiger partial charge is 0.355 e. The number of hydrogen-bond donors (Lipinski definition) is 2. The molecule has 0 aliphatic carbocycles. The van der Waals surface area contributed by atoms with Crippen LogP contribution in [0.2, 0.25) is 0 Å². The zero-order valence-electron chi connectivity index (χ0n) is 16.1. The van der Waals surface area contributed by atoms with Crippen molar-refractivity contribution in [1.82, 2.24) is 15.6 Å². The fraction of sp³-hybridized carbons (Fsp3) is 0.400. The summed E-state index contributed by atoms with van der Waals surface area (Å²) in [5.41, 5.74) is 0.